The van der Waals surface area contributed by atoms with Crippen molar-refractivity contribution in [2.24, 2.45) is 0 Å². The summed E-state index contributed by atoms with van der Waals surface area (Å²) >= 11 is 0. The van der Waals surface area contributed by atoms with Crippen LogP contribution in [0.5, 0.6) is 0 Å². The number of rotatable bonds is 3. The second-order valence-corrected chi connectivity index (χ2v) is 10.4. The smallest absolute Gasteiger partial charge is 0.101 e. The fourth-order valence-electron chi connectivity index (χ4n) is 6.34. The molecule has 4 heteroatoms. The van der Waals surface area contributed by atoms with Crippen molar-refractivity contribution >= 4 is 43.6 Å². The van der Waals surface area contributed by atoms with Crippen molar-refractivity contribution in [1.29, 1.82) is 10.5 Å². The molecule has 0 saturated carbocycles. The maximum atomic E-state index is 10.3. The summed E-state index contributed by atoms with van der Waals surface area (Å²) in [5, 5.41) is 24.2. The molecule has 8 aromatic rings. The molecule has 0 aliphatic rings. The van der Waals surface area contributed by atoms with Crippen molar-refractivity contribution in [3.8, 4) is 34.6 Å². The van der Waals surface area contributed by atoms with Crippen LogP contribution in [0.2, 0.25) is 0 Å². The third-order valence-corrected chi connectivity index (χ3v) is 8.19. The van der Waals surface area contributed by atoms with Crippen LogP contribution in [0.3, 0.4) is 0 Å². The van der Waals surface area contributed by atoms with Crippen molar-refractivity contribution in [1.82, 2.24) is 9.13 Å². The van der Waals surface area contributed by atoms with Crippen LogP contribution in [-0.2, 0) is 0 Å². The molecule has 0 amide bonds. The largest absolute Gasteiger partial charge is 0.309 e. The van der Waals surface area contributed by atoms with Crippen LogP contribution in [0, 0.1) is 22.7 Å². The topological polar surface area (TPSA) is 57.4 Å². The molecule has 2 aromatic heterocycles. The van der Waals surface area contributed by atoms with Gasteiger partial charge in [0.05, 0.1) is 45.0 Å². The van der Waals surface area contributed by atoms with E-state index in [-0.39, 0.29) is 0 Å². The Morgan fingerprint density at radius 1 is 0.476 bits per heavy atom. The summed E-state index contributed by atoms with van der Waals surface area (Å²) in [6, 6.07) is 50.1. The summed E-state index contributed by atoms with van der Waals surface area (Å²) < 4.78 is 4.59. The van der Waals surface area contributed by atoms with Gasteiger partial charge in [0, 0.05) is 27.2 Å². The minimum absolute atomic E-state index is 0.596. The van der Waals surface area contributed by atoms with Crippen molar-refractivity contribution in [3.63, 3.8) is 0 Å². The number of benzene rings is 6. The molecule has 2 heterocycles. The van der Waals surface area contributed by atoms with E-state index in [2.05, 4.69) is 112 Å². The lowest BCUT2D eigenvalue weighted by Crippen LogP contribution is -1.99. The van der Waals surface area contributed by atoms with Gasteiger partial charge in [-0.1, -0.05) is 78.9 Å². The highest BCUT2D eigenvalue weighted by Gasteiger charge is 2.22. The van der Waals surface area contributed by atoms with Gasteiger partial charge in [-0.3, -0.25) is 0 Å². The molecule has 0 bridgehead atoms. The Morgan fingerprint density at radius 2 is 1.14 bits per heavy atom. The zero-order chi connectivity index (χ0) is 28.2. The van der Waals surface area contributed by atoms with Gasteiger partial charge in [-0.2, -0.15) is 10.5 Å². The van der Waals surface area contributed by atoms with Crippen LogP contribution < -0.4 is 0 Å². The highest BCUT2D eigenvalue weighted by Crippen LogP contribution is 2.42. The van der Waals surface area contributed by atoms with Gasteiger partial charge in [-0.05, 0) is 65.7 Å². The Bertz CT molecular complexity index is 2410. The number of para-hydroxylation sites is 3. The molecule has 0 N–H and O–H groups in total. The van der Waals surface area contributed by atoms with Crippen molar-refractivity contribution in [2.75, 3.05) is 0 Å². The molecule has 0 fully saturated rings. The van der Waals surface area contributed by atoms with Crippen LogP contribution in [0.15, 0.2) is 133 Å². The summed E-state index contributed by atoms with van der Waals surface area (Å²) in [6.45, 7) is 0. The van der Waals surface area contributed by atoms with Gasteiger partial charge in [-0.15, -0.1) is 0 Å². The summed E-state index contributed by atoms with van der Waals surface area (Å²) in [5.74, 6) is 0. The second-order valence-electron chi connectivity index (χ2n) is 10.4. The highest BCUT2D eigenvalue weighted by atomic mass is 15.0. The number of hydrogen-bond acceptors (Lipinski definition) is 2. The van der Waals surface area contributed by atoms with Gasteiger partial charge in [0.25, 0.3) is 0 Å². The Labute approximate surface area is 242 Å². The molecule has 42 heavy (non-hydrogen) atoms. The van der Waals surface area contributed by atoms with Crippen LogP contribution in [0.25, 0.3) is 66.1 Å². The summed E-state index contributed by atoms with van der Waals surface area (Å²) in [7, 11) is 0. The molecule has 194 valence electrons. The summed E-state index contributed by atoms with van der Waals surface area (Å²) in [5.41, 5.74) is 9.49. The molecule has 0 aliphatic carbocycles. The number of aromatic nitrogens is 2. The molecule has 8 rings (SSSR count). The molecule has 0 spiro atoms. The monoisotopic (exact) mass is 534 g/mol. The lowest BCUT2D eigenvalue weighted by Gasteiger charge is -2.13. The minimum atomic E-state index is 0.596. The van der Waals surface area contributed by atoms with Crippen LogP contribution in [0.1, 0.15) is 11.1 Å². The average Bonchev–Trinajstić information content (AvgIpc) is 3.58. The normalized spacial score (nSPS) is 11.3. The number of hydrogen-bond donors (Lipinski definition) is 0. The van der Waals surface area contributed by atoms with E-state index in [0.717, 1.165) is 66.1 Å². The predicted molar refractivity (Wildman–Crippen MR) is 170 cm³/mol. The standard InChI is InChI=1S/C38H22N4/c39-23-25-14-16-26(17-15-25)27-18-19-28(24-40)36(22-27)42-33-12-6-4-10-30(33)31-20-21-35-37(38(31)42)32-11-5-7-13-34(32)41(35)29-8-2-1-3-9-29/h1-22H. The third-order valence-electron chi connectivity index (χ3n) is 8.19. The second kappa shape index (κ2) is 9.24. The molecule has 0 unspecified atom stereocenters. The first kappa shape index (κ1) is 23.8. The van der Waals surface area contributed by atoms with E-state index < -0.39 is 0 Å². The van der Waals surface area contributed by atoms with Gasteiger partial charge in [0.15, 0.2) is 0 Å². The Kier molecular flexibility index (Phi) is 5.22. The van der Waals surface area contributed by atoms with E-state index in [4.69, 9.17) is 0 Å². The van der Waals surface area contributed by atoms with Gasteiger partial charge >= 0.3 is 0 Å². The van der Waals surface area contributed by atoms with Gasteiger partial charge < -0.3 is 9.13 Å². The molecule has 4 nitrogen and oxygen atoms in total. The van der Waals surface area contributed by atoms with E-state index >= 15 is 0 Å². The zero-order valence-corrected chi connectivity index (χ0v) is 22.5. The van der Waals surface area contributed by atoms with Crippen LogP contribution in [0.4, 0.5) is 0 Å². The van der Waals surface area contributed by atoms with Crippen molar-refractivity contribution in [3.05, 3.63) is 145 Å². The van der Waals surface area contributed by atoms with E-state index in [1.807, 2.05) is 42.5 Å². The Morgan fingerprint density at radius 3 is 1.88 bits per heavy atom. The van der Waals surface area contributed by atoms with Crippen LogP contribution in [-0.4, -0.2) is 9.13 Å². The maximum absolute atomic E-state index is 10.3. The SMILES string of the molecule is N#Cc1ccc(-c2ccc(C#N)c(-n3c4ccccc4c4ccc5c(c6ccccc6n5-c5ccccc5)c43)c2)cc1. The summed E-state index contributed by atoms with van der Waals surface area (Å²) in [4.78, 5) is 0. The zero-order valence-electron chi connectivity index (χ0n) is 22.5. The van der Waals surface area contributed by atoms with Crippen LogP contribution >= 0.6 is 0 Å². The van der Waals surface area contributed by atoms with Gasteiger partial charge in [-0.25, -0.2) is 0 Å². The number of nitriles is 2. The fourth-order valence-corrected chi connectivity index (χ4v) is 6.34. The van der Waals surface area contributed by atoms with Crippen molar-refractivity contribution < 1.29 is 0 Å². The third kappa shape index (κ3) is 3.40. The Hall–Kier alpha value is -6.10. The molecular formula is C38H22N4. The maximum Gasteiger partial charge on any atom is 0.101 e. The fraction of sp³-hybridized carbons (Fsp3) is 0. The minimum Gasteiger partial charge on any atom is -0.309 e. The lowest BCUT2D eigenvalue weighted by atomic mass is 10.0. The highest BCUT2D eigenvalue weighted by molar-refractivity contribution is 6.26. The van der Waals surface area contributed by atoms with E-state index in [9.17, 15) is 10.5 Å². The van der Waals surface area contributed by atoms with Gasteiger partial charge in [0.2, 0.25) is 0 Å². The summed E-state index contributed by atoms with van der Waals surface area (Å²) in [6.07, 6.45) is 0. The average molecular weight is 535 g/mol. The molecule has 0 aliphatic heterocycles. The molecule has 6 aromatic carbocycles. The molecule has 0 atom stereocenters. The molecule has 0 saturated heterocycles. The Balaban J connectivity index is 1.54. The number of fused-ring (bicyclic) bond motifs is 7. The molecular weight excluding hydrogens is 512 g/mol. The van der Waals surface area contributed by atoms with Gasteiger partial charge in [0.1, 0.15) is 6.07 Å². The van der Waals surface area contributed by atoms with E-state index in [1.54, 1.807) is 0 Å². The predicted octanol–water partition coefficient (Wildman–Crippen LogP) is 9.29. The number of nitrogens with zero attached hydrogens (tertiary/aromatic N) is 4. The lowest BCUT2D eigenvalue weighted by molar-refractivity contribution is 1.17. The first-order chi connectivity index (χ1) is 20.8. The van der Waals surface area contributed by atoms with E-state index in [1.165, 1.54) is 0 Å². The first-order valence-corrected chi connectivity index (χ1v) is 13.8. The first-order valence-electron chi connectivity index (χ1n) is 13.8. The van der Waals surface area contributed by atoms with Crippen molar-refractivity contribution in [2.45, 2.75) is 0 Å². The molecule has 0 radical (unpaired) electrons. The quantitative estimate of drug-likeness (QED) is 0.227. The van der Waals surface area contributed by atoms with E-state index in [0.29, 0.717) is 11.1 Å².